The molecule has 3 N–H and O–H groups in total. The van der Waals surface area contributed by atoms with Crippen molar-refractivity contribution in [1.82, 2.24) is 4.57 Å². The second kappa shape index (κ2) is 6.81. The van der Waals surface area contributed by atoms with Crippen LogP contribution in [-0.2, 0) is 0 Å². The van der Waals surface area contributed by atoms with Gasteiger partial charge in [-0.2, -0.15) is 0 Å². The summed E-state index contributed by atoms with van der Waals surface area (Å²) >= 11 is 0. The average Bonchev–Trinajstić information content (AvgIpc) is 3.28. The fourth-order valence-electron chi connectivity index (χ4n) is 4.66. The Morgan fingerprint density at radius 1 is 1.37 bits per heavy atom. The highest BCUT2D eigenvalue weighted by Crippen LogP contribution is 2.48. The molecule has 3 heterocycles. The van der Waals surface area contributed by atoms with Crippen molar-refractivity contribution in [3.63, 3.8) is 0 Å². The van der Waals surface area contributed by atoms with Gasteiger partial charge in [-0.1, -0.05) is 0 Å². The summed E-state index contributed by atoms with van der Waals surface area (Å²) in [5.41, 5.74) is 4.92. The number of carboxylic acids is 1. The fourth-order valence-corrected chi connectivity index (χ4v) is 4.66. The molecular weight excluding hydrogens is 420 g/mol. The molecule has 2 fully saturated rings. The van der Waals surface area contributed by atoms with Gasteiger partial charge >= 0.3 is 5.97 Å². The predicted molar refractivity (Wildman–Crippen MR) is 109 cm³/mol. The Kier molecular flexibility index (Phi) is 4.74. The minimum absolute atomic E-state index is 0. The molecule has 2 aliphatic heterocycles. The van der Waals surface area contributed by atoms with Crippen molar-refractivity contribution in [2.45, 2.75) is 37.5 Å². The molecular formula is C20H22ClF2N3O4. The van der Waals surface area contributed by atoms with Gasteiger partial charge in [0.1, 0.15) is 24.0 Å². The third-order valence-electron chi connectivity index (χ3n) is 6.50. The van der Waals surface area contributed by atoms with E-state index in [-0.39, 0.29) is 60.9 Å². The molecule has 5 rings (SSSR count). The van der Waals surface area contributed by atoms with E-state index in [1.54, 1.807) is 9.47 Å². The standard InChI is InChI=1S/C20H21F2N3O4.ClH/c1-9-8-29-18-15-10(17(26)11(19(27)28)5-25(9)15)4-13(21)16(18)24-6-12(14(22)7-24)20(23)2-3-20;/h4-5,9,12,14H,2-3,6-8,23H2,1H3,(H,27,28);1H/t9?,12-,14+;/m0./s1. The molecule has 162 valence electrons. The molecule has 2 aromatic rings. The molecule has 1 aliphatic carbocycles. The third kappa shape index (κ3) is 2.86. The van der Waals surface area contributed by atoms with Crippen LogP contribution in [0.15, 0.2) is 17.1 Å². The van der Waals surface area contributed by atoms with Crippen molar-refractivity contribution < 1.29 is 23.4 Å². The Balaban J connectivity index is 0.00000218. The van der Waals surface area contributed by atoms with Gasteiger partial charge in [0.2, 0.25) is 5.43 Å². The van der Waals surface area contributed by atoms with Crippen LogP contribution in [0, 0.1) is 11.7 Å². The summed E-state index contributed by atoms with van der Waals surface area (Å²) in [7, 11) is 0. The number of benzene rings is 1. The number of carbonyl (C=O) groups is 1. The first-order chi connectivity index (χ1) is 13.7. The lowest BCUT2D eigenvalue weighted by Crippen LogP contribution is -2.38. The maximum absolute atomic E-state index is 15.2. The Morgan fingerprint density at radius 2 is 2.07 bits per heavy atom. The van der Waals surface area contributed by atoms with Gasteiger partial charge in [0.05, 0.1) is 16.9 Å². The van der Waals surface area contributed by atoms with Gasteiger partial charge in [-0.25, -0.2) is 13.6 Å². The number of rotatable bonds is 3. The molecule has 1 saturated heterocycles. The van der Waals surface area contributed by atoms with Crippen molar-refractivity contribution in [2.24, 2.45) is 11.7 Å². The number of nitrogens with zero attached hydrogens (tertiary/aromatic N) is 2. The Bertz CT molecular complexity index is 1120. The van der Waals surface area contributed by atoms with Crippen LogP contribution in [0.2, 0.25) is 0 Å². The fraction of sp³-hybridized carbons (Fsp3) is 0.500. The highest BCUT2D eigenvalue weighted by molar-refractivity contribution is 5.97. The smallest absolute Gasteiger partial charge is 0.341 e. The zero-order valence-electron chi connectivity index (χ0n) is 16.2. The number of aromatic carboxylic acids is 1. The number of anilines is 1. The number of carboxylic acid groups (broad SMARTS) is 1. The maximum Gasteiger partial charge on any atom is 0.341 e. The molecule has 1 aromatic heterocycles. The van der Waals surface area contributed by atoms with Crippen LogP contribution in [0.3, 0.4) is 0 Å². The van der Waals surface area contributed by atoms with Gasteiger partial charge in [0.15, 0.2) is 11.6 Å². The number of hydrogen-bond acceptors (Lipinski definition) is 5. The number of hydrogen-bond donors (Lipinski definition) is 2. The van der Waals surface area contributed by atoms with Crippen LogP contribution >= 0.6 is 12.4 Å². The summed E-state index contributed by atoms with van der Waals surface area (Å²) < 4.78 is 37.3. The first-order valence-electron chi connectivity index (χ1n) is 9.66. The lowest BCUT2D eigenvalue weighted by molar-refractivity contribution is 0.0694. The molecule has 1 unspecified atom stereocenters. The first-order valence-corrected chi connectivity index (χ1v) is 9.66. The van der Waals surface area contributed by atoms with E-state index in [0.29, 0.717) is 5.52 Å². The molecule has 3 atom stereocenters. The second-order valence-corrected chi connectivity index (χ2v) is 8.44. The zero-order chi connectivity index (χ0) is 20.7. The zero-order valence-corrected chi connectivity index (χ0v) is 17.0. The van der Waals surface area contributed by atoms with Crippen LogP contribution in [0.4, 0.5) is 14.5 Å². The van der Waals surface area contributed by atoms with Crippen LogP contribution in [0.1, 0.15) is 36.2 Å². The molecule has 1 saturated carbocycles. The Hall–Kier alpha value is -2.39. The number of nitrogens with two attached hydrogens (primary N) is 1. The monoisotopic (exact) mass is 441 g/mol. The minimum Gasteiger partial charge on any atom is -0.487 e. The highest BCUT2D eigenvalue weighted by atomic mass is 35.5. The first kappa shape index (κ1) is 20.9. The van der Waals surface area contributed by atoms with Crippen molar-refractivity contribution in [2.75, 3.05) is 24.6 Å². The normalized spacial score (nSPS) is 26.3. The third-order valence-corrected chi connectivity index (χ3v) is 6.50. The molecule has 3 aliphatic rings. The van der Waals surface area contributed by atoms with E-state index < -0.39 is 34.5 Å². The summed E-state index contributed by atoms with van der Waals surface area (Å²) in [5.74, 6) is -2.33. The topological polar surface area (TPSA) is 97.8 Å². The number of alkyl halides is 1. The lowest BCUT2D eigenvalue weighted by Gasteiger charge is -2.31. The van der Waals surface area contributed by atoms with Crippen LogP contribution in [0.5, 0.6) is 5.75 Å². The number of halogens is 3. The number of pyridine rings is 1. The number of ether oxygens (including phenoxy) is 1. The summed E-state index contributed by atoms with van der Waals surface area (Å²) in [5, 5.41) is 9.30. The Morgan fingerprint density at radius 3 is 2.70 bits per heavy atom. The maximum atomic E-state index is 15.2. The largest absolute Gasteiger partial charge is 0.487 e. The van der Waals surface area contributed by atoms with Crippen molar-refractivity contribution in [3.8, 4) is 5.75 Å². The minimum atomic E-state index is -1.37. The molecule has 30 heavy (non-hydrogen) atoms. The van der Waals surface area contributed by atoms with E-state index in [1.807, 2.05) is 6.92 Å². The number of aromatic nitrogens is 1. The summed E-state index contributed by atoms with van der Waals surface area (Å²) in [6.07, 6.45) is 1.60. The van der Waals surface area contributed by atoms with E-state index >= 15 is 4.39 Å². The van der Waals surface area contributed by atoms with E-state index in [2.05, 4.69) is 0 Å². The SMILES string of the molecule is CC1COc2c(N3C[C@@H](F)[C@@H](C4(N)CC4)C3)c(F)cc3c(=O)c(C(=O)O)cn1c23.Cl. The summed E-state index contributed by atoms with van der Waals surface area (Å²) in [4.78, 5) is 25.7. The summed E-state index contributed by atoms with van der Waals surface area (Å²) in [6.45, 7) is 2.26. The van der Waals surface area contributed by atoms with Gasteiger partial charge in [-0.3, -0.25) is 4.79 Å². The van der Waals surface area contributed by atoms with Gasteiger partial charge in [-0.05, 0) is 25.8 Å². The highest BCUT2D eigenvalue weighted by Gasteiger charge is 2.53. The van der Waals surface area contributed by atoms with Crippen molar-refractivity contribution >= 4 is 35.0 Å². The van der Waals surface area contributed by atoms with Crippen LogP contribution in [0.25, 0.3) is 10.9 Å². The molecule has 0 spiro atoms. The van der Waals surface area contributed by atoms with E-state index in [9.17, 15) is 19.1 Å². The second-order valence-electron chi connectivity index (χ2n) is 8.44. The van der Waals surface area contributed by atoms with Gasteiger partial charge in [0, 0.05) is 30.7 Å². The molecule has 0 radical (unpaired) electrons. The Labute approximate surface area is 176 Å². The van der Waals surface area contributed by atoms with Crippen molar-refractivity contribution in [3.05, 3.63) is 33.9 Å². The van der Waals surface area contributed by atoms with E-state index in [0.717, 1.165) is 18.9 Å². The quantitative estimate of drug-likeness (QED) is 0.759. The molecule has 1 aromatic carbocycles. The van der Waals surface area contributed by atoms with Gasteiger partial charge in [0.25, 0.3) is 0 Å². The van der Waals surface area contributed by atoms with Crippen molar-refractivity contribution in [1.29, 1.82) is 0 Å². The molecule has 10 heteroatoms. The molecule has 7 nitrogen and oxygen atoms in total. The predicted octanol–water partition coefficient (Wildman–Crippen LogP) is 2.48. The average molecular weight is 442 g/mol. The van der Waals surface area contributed by atoms with E-state index in [1.165, 1.54) is 6.20 Å². The summed E-state index contributed by atoms with van der Waals surface area (Å²) in [6, 6.07) is 0.789. The van der Waals surface area contributed by atoms with Crippen LogP contribution in [-0.4, -0.2) is 47.0 Å². The van der Waals surface area contributed by atoms with Gasteiger partial charge in [-0.15, -0.1) is 12.4 Å². The van der Waals surface area contributed by atoms with Gasteiger partial charge < -0.3 is 25.0 Å². The lowest BCUT2D eigenvalue weighted by atomic mass is 9.96. The van der Waals surface area contributed by atoms with E-state index in [4.69, 9.17) is 10.5 Å². The molecule has 0 amide bonds. The molecule has 0 bridgehead atoms. The van der Waals surface area contributed by atoms with Crippen LogP contribution < -0.4 is 20.8 Å².